The van der Waals surface area contributed by atoms with Crippen molar-refractivity contribution < 1.29 is 19.3 Å². The molecule has 8 nitrogen and oxygen atoms in total. The van der Waals surface area contributed by atoms with Gasteiger partial charge >= 0.3 is 0 Å². The zero-order valence-corrected chi connectivity index (χ0v) is 20.1. The lowest BCUT2D eigenvalue weighted by molar-refractivity contribution is 0.0867. The number of aliphatic hydroxyl groups excluding tert-OH is 2. The molecular weight excluding hydrogens is 412 g/mol. The van der Waals surface area contributed by atoms with Crippen LogP contribution in [-0.4, -0.2) is 32.7 Å². The van der Waals surface area contributed by atoms with E-state index in [1.165, 1.54) is 12.5 Å². The maximum Gasteiger partial charge on any atom is 0.283 e. The molecule has 32 heavy (non-hydrogen) atoms. The van der Waals surface area contributed by atoms with E-state index in [9.17, 15) is 19.8 Å². The van der Waals surface area contributed by atoms with Crippen LogP contribution in [0.2, 0.25) is 0 Å². The minimum absolute atomic E-state index is 0.230. The van der Waals surface area contributed by atoms with Gasteiger partial charge in [-0.25, -0.2) is 0 Å². The van der Waals surface area contributed by atoms with E-state index < -0.39 is 18.1 Å². The number of aromatic nitrogens is 2. The van der Waals surface area contributed by atoms with Crippen molar-refractivity contribution in [1.82, 2.24) is 10.3 Å². The molecule has 0 bridgehead atoms. The van der Waals surface area contributed by atoms with Gasteiger partial charge in [-0.15, -0.1) is 0 Å². The molecule has 2 unspecified atom stereocenters. The van der Waals surface area contributed by atoms with E-state index in [0.29, 0.717) is 43.2 Å². The molecule has 0 spiro atoms. The number of hydrogen-bond donors (Lipinski definition) is 4. The maximum atomic E-state index is 12.1. The molecule has 8 heteroatoms. The van der Waals surface area contributed by atoms with Gasteiger partial charge < -0.3 is 19.3 Å². The van der Waals surface area contributed by atoms with Gasteiger partial charge in [0.1, 0.15) is 12.5 Å². The van der Waals surface area contributed by atoms with Gasteiger partial charge in [-0.3, -0.25) is 9.59 Å². The minimum Gasteiger partial charge on any atom is -0.393 e. The summed E-state index contributed by atoms with van der Waals surface area (Å²) in [6.45, 7) is 10.7. The third-order valence-electron chi connectivity index (χ3n) is 6.81. The molecule has 2 rings (SSSR count). The molecule has 0 fully saturated rings. The lowest BCUT2D eigenvalue weighted by atomic mass is 9.75. The third-order valence-corrected chi connectivity index (χ3v) is 6.81. The van der Waals surface area contributed by atoms with Crippen LogP contribution in [0.3, 0.4) is 0 Å². The Morgan fingerprint density at radius 2 is 1.25 bits per heavy atom. The first-order chi connectivity index (χ1) is 14.9. The van der Waals surface area contributed by atoms with Crippen LogP contribution in [0, 0.1) is 10.8 Å². The number of aromatic amines is 2. The highest BCUT2D eigenvalue weighted by Gasteiger charge is 2.31. The largest absolute Gasteiger partial charge is 0.393 e. The summed E-state index contributed by atoms with van der Waals surface area (Å²) in [6.07, 6.45) is 7.50. The Balaban J connectivity index is 1.90. The highest BCUT2D eigenvalue weighted by atomic mass is 16.5. The Kier molecular flexibility index (Phi) is 9.16. The van der Waals surface area contributed by atoms with Crippen LogP contribution in [0.4, 0.5) is 0 Å². The van der Waals surface area contributed by atoms with Crippen molar-refractivity contribution in [3.05, 3.63) is 44.4 Å². The predicted molar refractivity (Wildman–Crippen MR) is 123 cm³/mol. The average molecular weight is 453 g/mol. The Morgan fingerprint density at radius 1 is 0.812 bits per heavy atom. The lowest BCUT2D eigenvalue weighted by Crippen LogP contribution is -2.25. The van der Waals surface area contributed by atoms with Crippen LogP contribution in [0.15, 0.2) is 31.2 Å². The first kappa shape index (κ1) is 26.2. The smallest absolute Gasteiger partial charge is 0.283 e. The summed E-state index contributed by atoms with van der Waals surface area (Å²) in [5.74, 6) is -0.476. The van der Waals surface area contributed by atoms with Crippen LogP contribution in [0.1, 0.15) is 103 Å². The molecule has 0 aliphatic rings. The van der Waals surface area contributed by atoms with Crippen molar-refractivity contribution in [1.29, 1.82) is 0 Å². The highest BCUT2D eigenvalue weighted by Crippen LogP contribution is 2.38. The molecule has 2 atom stereocenters. The quantitative estimate of drug-likeness (QED) is 0.338. The molecule has 0 aliphatic carbocycles. The van der Waals surface area contributed by atoms with E-state index in [0.717, 1.165) is 19.3 Å². The number of rotatable bonds is 14. The second kappa shape index (κ2) is 11.2. The topological polar surface area (TPSA) is 132 Å². The molecule has 0 saturated carbocycles. The van der Waals surface area contributed by atoms with Crippen molar-refractivity contribution in [2.45, 2.75) is 104 Å². The molecular formula is C24H40N2O6. The Hall–Kier alpha value is -2.06. The first-order valence-electron chi connectivity index (χ1n) is 11.6. The van der Waals surface area contributed by atoms with E-state index >= 15 is 0 Å². The second-order valence-electron chi connectivity index (χ2n) is 10.6. The summed E-state index contributed by atoms with van der Waals surface area (Å²) in [6, 6.07) is 0. The van der Waals surface area contributed by atoms with Crippen LogP contribution < -0.4 is 11.1 Å². The van der Waals surface area contributed by atoms with Gasteiger partial charge in [-0.1, -0.05) is 41.0 Å². The zero-order chi connectivity index (χ0) is 23.9. The molecule has 2 aromatic heterocycles. The van der Waals surface area contributed by atoms with Crippen LogP contribution in [0.5, 0.6) is 0 Å². The molecule has 0 radical (unpaired) electrons. The van der Waals surface area contributed by atoms with E-state index in [1.807, 2.05) is 0 Å². The monoisotopic (exact) mass is 452 g/mol. The molecule has 2 heterocycles. The second-order valence-corrected chi connectivity index (χ2v) is 10.6. The molecule has 0 aromatic carbocycles. The highest BCUT2D eigenvalue weighted by molar-refractivity contribution is 5.25. The van der Waals surface area contributed by atoms with Crippen molar-refractivity contribution in [3.8, 4) is 0 Å². The Morgan fingerprint density at radius 3 is 1.62 bits per heavy atom. The summed E-state index contributed by atoms with van der Waals surface area (Å²) in [7, 11) is 0. The van der Waals surface area contributed by atoms with Crippen molar-refractivity contribution >= 4 is 0 Å². The molecule has 4 N–H and O–H groups in total. The van der Waals surface area contributed by atoms with Gasteiger partial charge in [-0.2, -0.15) is 10.3 Å². The van der Waals surface area contributed by atoms with Gasteiger partial charge in [0.25, 0.3) is 11.1 Å². The maximum absolute atomic E-state index is 12.1. The van der Waals surface area contributed by atoms with Crippen molar-refractivity contribution in [2.75, 3.05) is 0 Å². The van der Waals surface area contributed by atoms with Crippen molar-refractivity contribution in [3.63, 3.8) is 0 Å². The zero-order valence-electron chi connectivity index (χ0n) is 20.1. The van der Waals surface area contributed by atoms with Crippen LogP contribution in [-0.2, 0) is 0 Å². The normalized spacial score (nSPS) is 14.8. The van der Waals surface area contributed by atoms with Crippen LogP contribution >= 0.6 is 0 Å². The Labute approximate surface area is 189 Å². The van der Waals surface area contributed by atoms with Gasteiger partial charge in [0.15, 0.2) is 0 Å². The number of H-pyrrole nitrogens is 2. The SMILES string of the molecule is CCC(C)(C)CCC(O)CCC(O)CCC(C)(C)CC(c1co[nH]c1=O)c1co[nH]c1=O. The summed E-state index contributed by atoms with van der Waals surface area (Å²) < 4.78 is 9.87. The molecule has 0 aliphatic heterocycles. The Bertz CT molecular complexity index is 871. The number of nitrogens with one attached hydrogen (secondary N) is 2. The summed E-state index contributed by atoms with van der Waals surface area (Å²) >= 11 is 0. The lowest BCUT2D eigenvalue weighted by Gasteiger charge is -2.29. The summed E-state index contributed by atoms with van der Waals surface area (Å²) in [5.41, 5.74) is -0.0122. The van der Waals surface area contributed by atoms with Gasteiger partial charge in [0.05, 0.1) is 23.3 Å². The fourth-order valence-corrected chi connectivity index (χ4v) is 4.01. The van der Waals surface area contributed by atoms with E-state index in [-0.39, 0.29) is 21.9 Å². The minimum atomic E-state index is -0.504. The average Bonchev–Trinajstić information content (AvgIpc) is 3.35. The fraction of sp³-hybridized carbons (Fsp3) is 0.750. The van der Waals surface area contributed by atoms with Gasteiger partial charge in [-0.05, 0) is 55.8 Å². The first-order valence-corrected chi connectivity index (χ1v) is 11.6. The standard InChI is InChI=1S/C24H40N2O6/c1-6-23(2,3)11-9-16(27)7-8-17(28)10-12-24(4,5)13-18(19-14-31-25-21(19)29)20-15-32-26-22(20)30/h14-18,27-28H,6-13H2,1-5H3,(H,25,29)(H,26,30). The van der Waals surface area contributed by atoms with E-state index in [4.69, 9.17) is 9.05 Å². The third kappa shape index (κ3) is 7.81. The van der Waals surface area contributed by atoms with Gasteiger partial charge in [0, 0.05) is 5.92 Å². The molecule has 0 amide bonds. The summed E-state index contributed by atoms with van der Waals surface area (Å²) in [4.78, 5) is 24.3. The van der Waals surface area contributed by atoms with Gasteiger partial charge in [0.2, 0.25) is 0 Å². The number of hydrogen-bond acceptors (Lipinski definition) is 6. The van der Waals surface area contributed by atoms with E-state index in [2.05, 4.69) is 44.9 Å². The molecule has 0 saturated heterocycles. The number of aliphatic hydroxyl groups is 2. The fourth-order valence-electron chi connectivity index (χ4n) is 4.01. The summed E-state index contributed by atoms with van der Waals surface area (Å²) in [5, 5.41) is 25.3. The molecule has 182 valence electrons. The van der Waals surface area contributed by atoms with Crippen molar-refractivity contribution in [2.24, 2.45) is 10.8 Å². The predicted octanol–water partition coefficient (Wildman–Crippen LogP) is 4.30. The van der Waals surface area contributed by atoms with Crippen LogP contribution in [0.25, 0.3) is 0 Å². The molecule has 2 aromatic rings. The van der Waals surface area contributed by atoms with E-state index in [1.54, 1.807) is 0 Å².